The molecule has 3 fully saturated rings. The number of hydrogen-bond donors (Lipinski definition) is 2. The van der Waals surface area contributed by atoms with E-state index in [1.165, 1.54) is 18.2 Å². The van der Waals surface area contributed by atoms with Crippen molar-refractivity contribution in [2.24, 2.45) is 0 Å². The number of carbonyl (C=O) groups is 1. The number of phenolic OH excluding ortho intramolecular Hbond substituents is 2. The summed E-state index contributed by atoms with van der Waals surface area (Å²) in [4.78, 5) is 10.7. The van der Waals surface area contributed by atoms with Crippen molar-refractivity contribution in [2.75, 3.05) is 39.6 Å². The Morgan fingerprint density at radius 2 is 1.48 bits per heavy atom. The molecule has 0 spiro atoms. The monoisotopic (exact) mass is 382 g/mol. The van der Waals surface area contributed by atoms with Crippen LogP contribution >= 0.6 is 0 Å². The van der Waals surface area contributed by atoms with Gasteiger partial charge in [0, 0.05) is 11.6 Å². The van der Waals surface area contributed by atoms with Gasteiger partial charge >= 0.3 is 5.97 Å². The van der Waals surface area contributed by atoms with Crippen LogP contribution in [0.25, 0.3) is 0 Å². The lowest BCUT2D eigenvalue weighted by atomic mass is 10.3. The highest BCUT2D eigenvalue weighted by atomic mass is 16.6. The van der Waals surface area contributed by atoms with Crippen LogP contribution < -0.4 is 0 Å². The van der Waals surface area contributed by atoms with Gasteiger partial charge in [-0.3, -0.25) is 0 Å². The zero-order valence-corrected chi connectivity index (χ0v) is 15.3. The highest BCUT2D eigenvalue weighted by Gasteiger charge is 2.26. The average molecular weight is 382 g/mol. The van der Waals surface area contributed by atoms with Gasteiger partial charge in [-0.2, -0.15) is 0 Å². The normalized spacial score (nSPS) is 23.7. The number of rotatable bonds is 7. The summed E-state index contributed by atoms with van der Waals surface area (Å²) in [5.74, 6) is -0.162. The van der Waals surface area contributed by atoms with E-state index in [1.54, 1.807) is 13.0 Å². The fraction of sp³-hybridized carbons (Fsp3) is 0.526. The molecule has 0 amide bonds. The molecule has 1 aromatic rings. The van der Waals surface area contributed by atoms with Gasteiger partial charge in [-0.15, -0.1) is 0 Å². The molecule has 0 radical (unpaired) electrons. The van der Waals surface area contributed by atoms with E-state index in [9.17, 15) is 4.79 Å². The minimum absolute atomic E-state index is 0.0880. The predicted molar refractivity (Wildman–Crippen MR) is 95.6 cm³/mol. The quantitative estimate of drug-likeness (QED) is 0.413. The van der Waals surface area contributed by atoms with Crippen molar-refractivity contribution in [3.8, 4) is 11.5 Å². The third-order valence-corrected chi connectivity index (χ3v) is 3.39. The van der Waals surface area contributed by atoms with E-state index in [0.29, 0.717) is 31.0 Å². The summed E-state index contributed by atoms with van der Waals surface area (Å²) in [5, 5.41) is 17.3. The van der Waals surface area contributed by atoms with Crippen LogP contribution in [-0.4, -0.2) is 74.1 Å². The highest BCUT2D eigenvalue weighted by molar-refractivity contribution is 5.86. The lowest BCUT2D eigenvalue weighted by Gasteiger charge is -1.99. The molecule has 0 aliphatic carbocycles. The SMILES string of the molecule is C(OCC1CO1)C1CO1.C=C(C)C(=O)OCC1CO1.Oc1cccc(O)c1. The fourth-order valence-electron chi connectivity index (χ4n) is 1.61. The van der Waals surface area contributed by atoms with Crippen molar-refractivity contribution in [1.82, 2.24) is 0 Å². The number of benzene rings is 1. The lowest BCUT2D eigenvalue weighted by molar-refractivity contribution is -0.139. The summed E-state index contributed by atoms with van der Waals surface area (Å²) < 4.78 is 24.7. The van der Waals surface area contributed by atoms with Crippen molar-refractivity contribution >= 4 is 5.97 Å². The second-order valence-electron chi connectivity index (χ2n) is 6.30. The van der Waals surface area contributed by atoms with Gasteiger partial charge in [0.05, 0.1) is 33.0 Å². The summed E-state index contributed by atoms with van der Waals surface area (Å²) in [6.07, 6.45) is 0.927. The Bertz CT molecular complexity index is 576. The van der Waals surface area contributed by atoms with Crippen LogP contribution in [-0.2, 0) is 28.5 Å². The van der Waals surface area contributed by atoms with E-state index < -0.39 is 0 Å². The Morgan fingerprint density at radius 3 is 1.81 bits per heavy atom. The topological polar surface area (TPSA) is 114 Å². The number of hydrogen-bond acceptors (Lipinski definition) is 8. The molecule has 0 saturated carbocycles. The van der Waals surface area contributed by atoms with Crippen LogP contribution in [0.4, 0.5) is 0 Å². The van der Waals surface area contributed by atoms with E-state index >= 15 is 0 Å². The molecule has 150 valence electrons. The van der Waals surface area contributed by atoms with Crippen LogP contribution in [0.15, 0.2) is 36.4 Å². The van der Waals surface area contributed by atoms with Gasteiger partial charge in [-0.05, 0) is 19.1 Å². The molecule has 4 rings (SSSR count). The molecule has 3 saturated heterocycles. The van der Waals surface area contributed by atoms with Gasteiger partial charge in [-0.1, -0.05) is 12.6 Å². The minimum Gasteiger partial charge on any atom is -0.508 e. The van der Waals surface area contributed by atoms with Crippen molar-refractivity contribution in [3.63, 3.8) is 0 Å². The predicted octanol–water partition coefficient (Wildman–Crippen LogP) is 1.40. The summed E-state index contributed by atoms with van der Waals surface area (Å²) in [6, 6.07) is 5.85. The smallest absolute Gasteiger partial charge is 0.333 e. The Labute approximate surface area is 158 Å². The maximum Gasteiger partial charge on any atom is 0.333 e. The number of ether oxygens (including phenoxy) is 5. The molecular weight excluding hydrogens is 356 g/mol. The Balaban J connectivity index is 0.000000146. The summed E-state index contributed by atoms with van der Waals surface area (Å²) in [5.41, 5.74) is 0.431. The molecule has 3 aliphatic heterocycles. The maximum absolute atomic E-state index is 10.7. The molecule has 27 heavy (non-hydrogen) atoms. The zero-order valence-electron chi connectivity index (χ0n) is 15.3. The first-order chi connectivity index (χ1) is 12.9. The van der Waals surface area contributed by atoms with Crippen molar-refractivity contribution in [1.29, 1.82) is 0 Å². The van der Waals surface area contributed by atoms with E-state index in [-0.39, 0.29) is 23.6 Å². The Kier molecular flexibility index (Phi) is 8.53. The second kappa shape index (κ2) is 10.9. The van der Waals surface area contributed by atoms with Crippen LogP contribution in [0, 0.1) is 0 Å². The average Bonchev–Trinajstić information content (AvgIpc) is 3.46. The second-order valence-corrected chi connectivity index (χ2v) is 6.30. The van der Waals surface area contributed by atoms with Crippen molar-refractivity contribution < 1.29 is 38.7 Å². The zero-order chi connectivity index (χ0) is 19.6. The summed E-state index contributed by atoms with van der Waals surface area (Å²) in [6.45, 7) is 9.40. The first-order valence-electron chi connectivity index (χ1n) is 8.67. The molecule has 3 atom stereocenters. The molecular formula is C19H26O8. The number of epoxide rings is 3. The molecule has 1 aromatic carbocycles. The van der Waals surface area contributed by atoms with Crippen LogP contribution in [0.1, 0.15) is 6.92 Å². The standard InChI is InChI=1S/C7H10O3.C6H10O3.C6H6O2/c1-5(2)7(8)10-4-6-3-9-6;1(5-3-8-5)7-2-6-4-9-6;7-5-2-1-3-6(8)4-5/h6H,1,3-4H2,2H3;5-6H,1-4H2;1-4,7-8H. The Hall–Kier alpha value is -2.13. The molecule has 3 unspecified atom stereocenters. The summed E-state index contributed by atoms with van der Waals surface area (Å²) in [7, 11) is 0. The summed E-state index contributed by atoms with van der Waals surface area (Å²) >= 11 is 0. The van der Waals surface area contributed by atoms with Gasteiger partial charge in [0.2, 0.25) is 0 Å². The molecule has 8 heteroatoms. The molecule has 0 bridgehead atoms. The molecule has 2 N–H and O–H groups in total. The van der Waals surface area contributed by atoms with E-state index in [4.69, 9.17) is 33.9 Å². The third-order valence-electron chi connectivity index (χ3n) is 3.39. The van der Waals surface area contributed by atoms with E-state index in [0.717, 1.165) is 26.4 Å². The number of phenols is 2. The van der Waals surface area contributed by atoms with Gasteiger partial charge in [0.25, 0.3) is 0 Å². The Morgan fingerprint density at radius 1 is 1.04 bits per heavy atom. The molecule has 3 heterocycles. The van der Waals surface area contributed by atoms with E-state index in [1.807, 2.05) is 0 Å². The van der Waals surface area contributed by atoms with Gasteiger partial charge < -0.3 is 33.9 Å². The van der Waals surface area contributed by atoms with Gasteiger partial charge in [0.1, 0.15) is 36.4 Å². The third kappa shape index (κ3) is 11.2. The van der Waals surface area contributed by atoms with Gasteiger partial charge in [0.15, 0.2) is 0 Å². The maximum atomic E-state index is 10.7. The first kappa shape index (κ1) is 21.2. The van der Waals surface area contributed by atoms with Crippen molar-refractivity contribution in [2.45, 2.75) is 25.2 Å². The number of aromatic hydroxyl groups is 2. The van der Waals surface area contributed by atoms with Crippen LogP contribution in [0.3, 0.4) is 0 Å². The molecule has 8 nitrogen and oxygen atoms in total. The van der Waals surface area contributed by atoms with Crippen LogP contribution in [0.2, 0.25) is 0 Å². The fourth-order valence-corrected chi connectivity index (χ4v) is 1.61. The molecule has 0 aromatic heterocycles. The molecule has 3 aliphatic rings. The van der Waals surface area contributed by atoms with E-state index in [2.05, 4.69) is 6.58 Å². The first-order valence-corrected chi connectivity index (χ1v) is 8.67. The largest absolute Gasteiger partial charge is 0.508 e. The minimum atomic E-state index is -0.337. The van der Waals surface area contributed by atoms with Gasteiger partial charge in [-0.25, -0.2) is 4.79 Å². The highest BCUT2D eigenvalue weighted by Crippen LogP contribution is 2.15. The lowest BCUT2D eigenvalue weighted by Crippen LogP contribution is -2.09. The van der Waals surface area contributed by atoms with Crippen molar-refractivity contribution in [3.05, 3.63) is 36.4 Å². The number of carbonyl (C=O) groups excluding carboxylic acids is 1. The number of esters is 1. The van der Waals surface area contributed by atoms with Crippen LogP contribution in [0.5, 0.6) is 11.5 Å².